The lowest BCUT2D eigenvalue weighted by Crippen LogP contribution is -2.45. The molecule has 3 rings (SSSR count). The van der Waals surface area contributed by atoms with Crippen LogP contribution < -0.4 is 5.32 Å². The van der Waals surface area contributed by atoms with Crippen molar-refractivity contribution in [2.24, 2.45) is 0 Å². The quantitative estimate of drug-likeness (QED) is 0.749. The molecule has 2 aromatic rings. The molecular formula is C22H25Cl2N3O2. The lowest BCUT2D eigenvalue weighted by Gasteiger charge is -2.24. The van der Waals surface area contributed by atoms with E-state index in [-0.39, 0.29) is 11.8 Å². The summed E-state index contributed by atoms with van der Waals surface area (Å²) in [5.41, 5.74) is 2.65. The summed E-state index contributed by atoms with van der Waals surface area (Å²) >= 11 is 12.0. The van der Waals surface area contributed by atoms with Crippen LogP contribution in [-0.2, 0) is 17.9 Å². The number of nitrogens with one attached hydrogen (secondary N) is 1. The Morgan fingerprint density at radius 2 is 1.69 bits per heavy atom. The number of carbonyl (C=O) groups is 2. The first-order valence-corrected chi connectivity index (χ1v) is 10.4. The lowest BCUT2D eigenvalue weighted by atomic mass is 10.1. The topological polar surface area (TPSA) is 52.7 Å². The highest BCUT2D eigenvalue weighted by Gasteiger charge is 2.34. The second kappa shape index (κ2) is 9.61. The third-order valence-electron chi connectivity index (χ3n) is 4.91. The highest BCUT2D eigenvalue weighted by Crippen LogP contribution is 2.24. The number of carbonyl (C=O) groups excluding carboxylic acids is 2. The van der Waals surface area contributed by atoms with Crippen molar-refractivity contribution >= 4 is 35.0 Å². The van der Waals surface area contributed by atoms with Gasteiger partial charge >= 0.3 is 0 Å². The highest BCUT2D eigenvalue weighted by molar-refractivity contribution is 6.35. The van der Waals surface area contributed by atoms with Gasteiger partial charge in [-0.2, -0.15) is 0 Å². The standard InChI is InChI=1S/C22H25Cl2N3O2/c1-26(2)14-16-7-5-15(6-8-16)13-25-21(28)20-4-3-9-27(20)22(29)17-10-18(23)12-19(24)11-17/h5-8,10-12,20H,3-4,9,13-14H2,1-2H3,(H,25,28). The predicted octanol–water partition coefficient (Wildman–Crippen LogP) is 3.98. The molecule has 1 aliphatic heterocycles. The van der Waals surface area contributed by atoms with Crippen molar-refractivity contribution in [3.63, 3.8) is 0 Å². The van der Waals surface area contributed by atoms with Crippen LogP contribution in [0.15, 0.2) is 42.5 Å². The summed E-state index contributed by atoms with van der Waals surface area (Å²) in [5, 5.41) is 3.77. The molecule has 1 unspecified atom stereocenters. The van der Waals surface area contributed by atoms with Gasteiger partial charge < -0.3 is 15.1 Å². The second-order valence-corrected chi connectivity index (χ2v) is 8.46. The average Bonchev–Trinajstić information content (AvgIpc) is 3.15. The first-order chi connectivity index (χ1) is 13.8. The van der Waals surface area contributed by atoms with Gasteiger partial charge in [0.25, 0.3) is 5.91 Å². The van der Waals surface area contributed by atoms with E-state index in [0.29, 0.717) is 35.1 Å². The van der Waals surface area contributed by atoms with Gasteiger partial charge in [-0.25, -0.2) is 0 Å². The summed E-state index contributed by atoms with van der Waals surface area (Å²) < 4.78 is 0. The van der Waals surface area contributed by atoms with Gasteiger partial charge in [0.1, 0.15) is 6.04 Å². The second-order valence-electron chi connectivity index (χ2n) is 7.59. The van der Waals surface area contributed by atoms with Crippen molar-refractivity contribution in [1.29, 1.82) is 0 Å². The molecule has 0 radical (unpaired) electrons. The molecular weight excluding hydrogens is 409 g/mol. The smallest absolute Gasteiger partial charge is 0.254 e. The molecule has 2 amide bonds. The number of halogens is 2. The summed E-state index contributed by atoms with van der Waals surface area (Å²) in [7, 11) is 4.06. The van der Waals surface area contributed by atoms with Gasteiger partial charge in [-0.15, -0.1) is 0 Å². The van der Waals surface area contributed by atoms with Crippen molar-refractivity contribution in [3.8, 4) is 0 Å². The van der Waals surface area contributed by atoms with Gasteiger partial charge in [0.15, 0.2) is 0 Å². The third-order valence-corrected chi connectivity index (χ3v) is 5.35. The van der Waals surface area contributed by atoms with Crippen LogP contribution >= 0.6 is 23.2 Å². The zero-order valence-corrected chi connectivity index (χ0v) is 18.1. The fourth-order valence-electron chi connectivity index (χ4n) is 3.56. The van der Waals surface area contributed by atoms with Crippen LogP contribution in [-0.4, -0.2) is 48.3 Å². The normalized spacial score (nSPS) is 16.3. The van der Waals surface area contributed by atoms with E-state index in [4.69, 9.17) is 23.2 Å². The van der Waals surface area contributed by atoms with E-state index in [9.17, 15) is 9.59 Å². The molecule has 0 spiro atoms. The number of amides is 2. The van der Waals surface area contributed by atoms with E-state index in [0.717, 1.165) is 18.5 Å². The molecule has 1 saturated heterocycles. The number of likely N-dealkylation sites (tertiary alicyclic amines) is 1. The average molecular weight is 434 g/mol. The van der Waals surface area contributed by atoms with Gasteiger partial charge in [-0.1, -0.05) is 47.5 Å². The largest absolute Gasteiger partial charge is 0.350 e. The molecule has 0 bridgehead atoms. The Hall–Kier alpha value is -2.08. The first-order valence-electron chi connectivity index (χ1n) is 9.61. The van der Waals surface area contributed by atoms with Crippen LogP contribution in [0, 0.1) is 0 Å². The number of hydrogen-bond donors (Lipinski definition) is 1. The minimum atomic E-state index is -0.478. The Morgan fingerprint density at radius 3 is 2.31 bits per heavy atom. The van der Waals surface area contributed by atoms with Crippen molar-refractivity contribution in [2.75, 3.05) is 20.6 Å². The Morgan fingerprint density at radius 1 is 1.07 bits per heavy atom. The van der Waals surface area contributed by atoms with E-state index in [2.05, 4.69) is 22.3 Å². The molecule has 1 fully saturated rings. The molecule has 7 heteroatoms. The summed E-state index contributed by atoms with van der Waals surface area (Å²) in [5.74, 6) is -0.360. The Bertz CT molecular complexity index is 864. The van der Waals surface area contributed by atoms with E-state index in [1.165, 1.54) is 5.56 Å². The lowest BCUT2D eigenvalue weighted by molar-refractivity contribution is -0.125. The minimum Gasteiger partial charge on any atom is -0.350 e. The molecule has 1 N–H and O–H groups in total. The maximum Gasteiger partial charge on any atom is 0.254 e. The molecule has 1 heterocycles. The van der Waals surface area contributed by atoms with Crippen molar-refractivity contribution in [1.82, 2.24) is 15.1 Å². The van der Waals surface area contributed by atoms with Crippen molar-refractivity contribution in [3.05, 3.63) is 69.2 Å². The van der Waals surface area contributed by atoms with Crippen molar-refractivity contribution in [2.45, 2.75) is 32.0 Å². The monoisotopic (exact) mass is 433 g/mol. The van der Waals surface area contributed by atoms with Gasteiger partial charge in [-0.3, -0.25) is 9.59 Å². The molecule has 0 saturated carbocycles. The van der Waals surface area contributed by atoms with Crippen LogP contribution in [0.3, 0.4) is 0 Å². The number of hydrogen-bond acceptors (Lipinski definition) is 3. The van der Waals surface area contributed by atoms with Gasteiger partial charge in [0.05, 0.1) is 0 Å². The predicted molar refractivity (Wildman–Crippen MR) is 116 cm³/mol. The van der Waals surface area contributed by atoms with Gasteiger partial charge in [0.2, 0.25) is 5.91 Å². The van der Waals surface area contributed by atoms with Crippen LogP contribution in [0.4, 0.5) is 0 Å². The van der Waals surface area contributed by atoms with E-state index < -0.39 is 6.04 Å². The summed E-state index contributed by atoms with van der Waals surface area (Å²) in [4.78, 5) is 29.4. The molecule has 0 aromatic heterocycles. The van der Waals surface area contributed by atoms with E-state index in [1.807, 2.05) is 26.2 Å². The Balaban J connectivity index is 1.61. The maximum atomic E-state index is 12.9. The molecule has 1 aliphatic rings. The van der Waals surface area contributed by atoms with E-state index >= 15 is 0 Å². The van der Waals surface area contributed by atoms with E-state index in [1.54, 1.807) is 23.1 Å². The van der Waals surface area contributed by atoms with Gasteiger partial charge in [0, 0.05) is 35.2 Å². The summed E-state index contributed by atoms with van der Waals surface area (Å²) in [6, 6.07) is 12.4. The third kappa shape index (κ3) is 5.72. The molecule has 0 aliphatic carbocycles. The molecule has 154 valence electrons. The zero-order valence-electron chi connectivity index (χ0n) is 16.6. The van der Waals surface area contributed by atoms with Gasteiger partial charge in [-0.05, 0) is 56.3 Å². The molecule has 29 heavy (non-hydrogen) atoms. The number of rotatable bonds is 6. The Labute approximate surface area is 181 Å². The molecule has 1 atom stereocenters. The number of benzene rings is 2. The van der Waals surface area contributed by atoms with Crippen LogP contribution in [0.5, 0.6) is 0 Å². The van der Waals surface area contributed by atoms with Crippen LogP contribution in [0.1, 0.15) is 34.3 Å². The maximum absolute atomic E-state index is 12.9. The summed E-state index contributed by atoms with van der Waals surface area (Å²) in [6.45, 7) is 1.85. The zero-order chi connectivity index (χ0) is 21.0. The summed E-state index contributed by atoms with van der Waals surface area (Å²) in [6.07, 6.45) is 1.44. The van der Waals surface area contributed by atoms with Crippen LogP contribution in [0.2, 0.25) is 10.0 Å². The minimum absolute atomic E-state index is 0.138. The fourth-order valence-corrected chi connectivity index (χ4v) is 4.09. The SMILES string of the molecule is CN(C)Cc1ccc(CNC(=O)C2CCCN2C(=O)c2cc(Cl)cc(Cl)c2)cc1. The van der Waals surface area contributed by atoms with Crippen LogP contribution in [0.25, 0.3) is 0 Å². The molecule has 2 aromatic carbocycles. The first kappa shape index (κ1) is 21.6. The Kier molecular flexibility index (Phi) is 7.17. The highest BCUT2D eigenvalue weighted by atomic mass is 35.5. The number of nitrogens with zero attached hydrogens (tertiary/aromatic N) is 2. The fraction of sp³-hybridized carbons (Fsp3) is 0.364. The molecule has 5 nitrogen and oxygen atoms in total. The van der Waals surface area contributed by atoms with Crippen molar-refractivity contribution < 1.29 is 9.59 Å².